The second kappa shape index (κ2) is 6.94. The highest BCUT2D eigenvalue weighted by atomic mass is 79.9. The number of amides is 2. The summed E-state index contributed by atoms with van der Waals surface area (Å²) < 4.78 is 29.2. The Bertz CT molecular complexity index is 820. The van der Waals surface area contributed by atoms with Crippen molar-refractivity contribution >= 4 is 44.1 Å². The van der Waals surface area contributed by atoms with Crippen LogP contribution in [0.4, 0.5) is 4.79 Å². The fourth-order valence-electron chi connectivity index (χ4n) is 2.54. The molecule has 0 radical (unpaired) electrons. The van der Waals surface area contributed by atoms with Crippen LogP contribution in [-0.2, 0) is 9.84 Å². The van der Waals surface area contributed by atoms with E-state index in [1.165, 1.54) is 6.21 Å². The summed E-state index contributed by atoms with van der Waals surface area (Å²) in [4.78, 5) is 11.7. The zero-order valence-electron chi connectivity index (χ0n) is 12.7. The molecule has 24 heavy (non-hydrogen) atoms. The number of fused-ring (bicyclic) bond motifs is 1. The number of urea groups is 1. The lowest BCUT2D eigenvalue weighted by atomic mass is 10.1. The van der Waals surface area contributed by atoms with Crippen molar-refractivity contribution in [3.05, 3.63) is 33.8 Å². The molecule has 128 valence electrons. The van der Waals surface area contributed by atoms with E-state index in [1.54, 1.807) is 0 Å². The normalized spacial score (nSPS) is 21.7. The molecule has 1 fully saturated rings. The Labute approximate surface area is 148 Å². The Morgan fingerprint density at radius 3 is 3.00 bits per heavy atom. The molecule has 1 aromatic carbocycles. The third-order valence-electron chi connectivity index (χ3n) is 3.67. The van der Waals surface area contributed by atoms with Crippen molar-refractivity contribution < 1.29 is 17.9 Å². The third kappa shape index (κ3) is 4.35. The van der Waals surface area contributed by atoms with Gasteiger partial charge < -0.3 is 10.1 Å². The summed E-state index contributed by atoms with van der Waals surface area (Å²) in [6, 6.07) is 4.84. The molecule has 0 aromatic heterocycles. The fraction of sp³-hybridized carbons (Fsp3) is 0.333. The topological polar surface area (TPSA) is 96.9 Å². The molecule has 2 amide bonds. The molecule has 0 spiro atoms. The Morgan fingerprint density at radius 2 is 2.25 bits per heavy atom. The maximum Gasteiger partial charge on any atom is 0.335 e. The zero-order valence-corrected chi connectivity index (χ0v) is 15.1. The van der Waals surface area contributed by atoms with Crippen molar-refractivity contribution in [2.45, 2.75) is 12.5 Å². The molecule has 9 heteroatoms. The molecule has 1 saturated heterocycles. The number of rotatable bonds is 3. The highest BCUT2D eigenvalue weighted by molar-refractivity contribution is 9.10. The first kappa shape index (κ1) is 17.0. The quantitative estimate of drug-likeness (QED) is 0.581. The standard InChI is InChI=1S/C15H16BrN3O4S/c16-12-1-2-14-11(6-12)5-10(8-23-14)7-17-19-15(20)18-13-3-4-24(21,22)9-13/h1-2,5-7,13H,3-4,8-9H2,(H2,18,19,20)/b17-7+. The molecule has 0 saturated carbocycles. The first-order valence-corrected chi connectivity index (χ1v) is 9.96. The van der Waals surface area contributed by atoms with Gasteiger partial charge in [-0.05, 0) is 30.7 Å². The molecule has 2 aliphatic rings. The van der Waals surface area contributed by atoms with Crippen LogP contribution in [0.5, 0.6) is 5.75 Å². The highest BCUT2D eigenvalue weighted by Crippen LogP contribution is 2.28. The average Bonchev–Trinajstić information content (AvgIpc) is 2.85. The minimum Gasteiger partial charge on any atom is -0.488 e. The smallest absolute Gasteiger partial charge is 0.335 e. The summed E-state index contributed by atoms with van der Waals surface area (Å²) in [5.41, 5.74) is 4.08. The van der Waals surface area contributed by atoms with Gasteiger partial charge >= 0.3 is 6.03 Å². The Morgan fingerprint density at radius 1 is 1.42 bits per heavy atom. The number of carbonyl (C=O) groups excluding carboxylic acids is 1. The van der Waals surface area contributed by atoms with Crippen LogP contribution in [0.15, 0.2) is 33.3 Å². The first-order valence-electron chi connectivity index (χ1n) is 7.34. The zero-order chi connectivity index (χ0) is 17.2. The summed E-state index contributed by atoms with van der Waals surface area (Å²) in [6.45, 7) is 0.363. The SMILES string of the molecule is O=C(N/N=C/C1=Cc2cc(Br)ccc2OC1)NC1CCS(=O)(=O)C1. The van der Waals surface area contributed by atoms with Crippen LogP contribution in [0.3, 0.4) is 0 Å². The van der Waals surface area contributed by atoms with E-state index in [0.29, 0.717) is 13.0 Å². The monoisotopic (exact) mass is 413 g/mol. The van der Waals surface area contributed by atoms with Crippen molar-refractivity contribution in [2.75, 3.05) is 18.1 Å². The van der Waals surface area contributed by atoms with Crippen LogP contribution in [-0.4, -0.2) is 44.8 Å². The number of hydrogen-bond donors (Lipinski definition) is 2. The number of hydrogen-bond acceptors (Lipinski definition) is 5. The maximum atomic E-state index is 11.7. The van der Waals surface area contributed by atoms with Crippen molar-refractivity contribution in [1.29, 1.82) is 0 Å². The lowest BCUT2D eigenvalue weighted by molar-refractivity contribution is 0.238. The second-order valence-corrected chi connectivity index (χ2v) is 8.78. The van der Waals surface area contributed by atoms with E-state index in [4.69, 9.17) is 4.74 Å². The molecule has 0 aliphatic carbocycles. The lowest BCUT2D eigenvalue weighted by Crippen LogP contribution is -2.40. The van der Waals surface area contributed by atoms with Crippen molar-refractivity contribution in [3.63, 3.8) is 0 Å². The van der Waals surface area contributed by atoms with E-state index in [2.05, 4.69) is 31.8 Å². The largest absolute Gasteiger partial charge is 0.488 e. The number of carbonyl (C=O) groups is 1. The second-order valence-electron chi connectivity index (χ2n) is 5.63. The lowest BCUT2D eigenvalue weighted by Gasteiger charge is -2.15. The molecular formula is C15H16BrN3O4S. The molecular weight excluding hydrogens is 398 g/mol. The van der Waals surface area contributed by atoms with Gasteiger partial charge in [0.1, 0.15) is 12.4 Å². The number of nitrogens with zero attached hydrogens (tertiary/aromatic N) is 1. The Balaban J connectivity index is 1.54. The molecule has 0 bridgehead atoms. The highest BCUT2D eigenvalue weighted by Gasteiger charge is 2.28. The maximum absolute atomic E-state index is 11.7. The van der Waals surface area contributed by atoms with Gasteiger partial charge in [0.15, 0.2) is 9.84 Å². The minimum atomic E-state index is -3.02. The molecule has 7 nitrogen and oxygen atoms in total. The van der Waals surface area contributed by atoms with Gasteiger partial charge in [-0.2, -0.15) is 5.10 Å². The Hall–Kier alpha value is -1.87. The van der Waals surface area contributed by atoms with Gasteiger partial charge in [0.05, 0.1) is 17.7 Å². The Kier molecular flexibility index (Phi) is 4.91. The average molecular weight is 414 g/mol. The molecule has 2 aliphatic heterocycles. The minimum absolute atomic E-state index is 0.0191. The molecule has 1 unspecified atom stereocenters. The van der Waals surface area contributed by atoms with Crippen molar-refractivity contribution in [2.24, 2.45) is 5.10 Å². The number of benzene rings is 1. The van der Waals surface area contributed by atoms with Gasteiger partial charge in [0.25, 0.3) is 0 Å². The number of sulfone groups is 1. The summed E-state index contributed by atoms with van der Waals surface area (Å²) in [6.07, 6.45) is 3.87. The van der Waals surface area contributed by atoms with Crippen LogP contribution < -0.4 is 15.5 Å². The predicted octanol–water partition coefficient (Wildman–Crippen LogP) is 1.70. The molecule has 2 N–H and O–H groups in total. The van der Waals surface area contributed by atoms with Crippen LogP contribution >= 0.6 is 15.9 Å². The van der Waals surface area contributed by atoms with E-state index in [0.717, 1.165) is 21.4 Å². The van der Waals surface area contributed by atoms with Gasteiger partial charge in [0, 0.05) is 21.7 Å². The van der Waals surface area contributed by atoms with Crippen LogP contribution in [0, 0.1) is 0 Å². The van der Waals surface area contributed by atoms with E-state index in [9.17, 15) is 13.2 Å². The van der Waals surface area contributed by atoms with Crippen LogP contribution in [0.2, 0.25) is 0 Å². The van der Waals surface area contributed by atoms with Gasteiger partial charge in [-0.25, -0.2) is 18.6 Å². The summed E-state index contributed by atoms with van der Waals surface area (Å²) >= 11 is 3.41. The number of ether oxygens (including phenoxy) is 1. The fourth-order valence-corrected chi connectivity index (χ4v) is 4.59. The summed E-state index contributed by atoms with van der Waals surface area (Å²) in [5.74, 6) is 0.887. The van der Waals surface area contributed by atoms with E-state index >= 15 is 0 Å². The van der Waals surface area contributed by atoms with E-state index < -0.39 is 15.9 Å². The summed E-state index contributed by atoms with van der Waals surface area (Å²) in [7, 11) is -3.02. The van der Waals surface area contributed by atoms with E-state index in [1.807, 2.05) is 24.3 Å². The molecule has 1 atom stereocenters. The number of halogens is 1. The van der Waals surface area contributed by atoms with Gasteiger partial charge in [0.2, 0.25) is 0 Å². The van der Waals surface area contributed by atoms with Gasteiger partial charge in [-0.15, -0.1) is 0 Å². The number of hydrazone groups is 1. The third-order valence-corrected chi connectivity index (χ3v) is 5.93. The van der Waals surface area contributed by atoms with Gasteiger partial charge in [-0.3, -0.25) is 0 Å². The molecule has 1 aromatic rings. The van der Waals surface area contributed by atoms with Crippen LogP contribution in [0.1, 0.15) is 12.0 Å². The molecule has 3 rings (SSSR count). The predicted molar refractivity (Wildman–Crippen MR) is 94.8 cm³/mol. The molecule has 2 heterocycles. The number of nitrogens with one attached hydrogen (secondary N) is 2. The van der Waals surface area contributed by atoms with E-state index in [-0.39, 0.29) is 17.5 Å². The van der Waals surface area contributed by atoms with Crippen molar-refractivity contribution in [1.82, 2.24) is 10.7 Å². The summed E-state index contributed by atoms with van der Waals surface area (Å²) in [5, 5.41) is 6.47. The van der Waals surface area contributed by atoms with Crippen LogP contribution in [0.25, 0.3) is 6.08 Å². The van der Waals surface area contributed by atoms with Gasteiger partial charge in [-0.1, -0.05) is 15.9 Å². The first-order chi connectivity index (χ1) is 11.4. The van der Waals surface area contributed by atoms with Crippen molar-refractivity contribution in [3.8, 4) is 5.75 Å².